The van der Waals surface area contributed by atoms with Crippen molar-refractivity contribution in [2.75, 3.05) is 21.3 Å². The van der Waals surface area contributed by atoms with Crippen LogP contribution in [-0.2, 0) is 16.6 Å². The highest BCUT2D eigenvalue weighted by Crippen LogP contribution is 2.27. The maximum absolute atomic E-state index is 12.3. The van der Waals surface area contributed by atoms with Gasteiger partial charge in [0.2, 0.25) is 10.0 Å². The Hall–Kier alpha value is -2.58. The van der Waals surface area contributed by atoms with E-state index in [2.05, 4.69) is 10.0 Å². The van der Waals surface area contributed by atoms with Crippen LogP contribution in [0.3, 0.4) is 0 Å². The summed E-state index contributed by atoms with van der Waals surface area (Å²) in [6.07, 6.45) is 0. The molecule has 0 saturated carbocycles. The minimum absolute atomic E-state index is 0.0359. The van der Waals surface area contributed by atoms with Gasteiger partial charge in [0.05, 0.1) is 19.1 Å². The molecule has 2 aromatic rings. The molecule has 1 amide bonds. The minimum atomic E-state index is -3.60. The van der Waals surface area contributed by atoms with Crippen molar-refractivity contribution in [3.63, 3.8) is 0 Å². The number of rotatable bonds is 7. The lowest BCUT2D eigenvalue weighted by Crippen LogP contribution is -2.24. The number of amides is 1. The number of carbonyl (C=O) groups is 1. The quantitative estimate of drug-likeness (QED) is 0.777. The lowest BCUT2D eigenvalue weighted by Gasteiger charge is -2.11. The highest BCUT2D eigenvalue weighted by atomic mass is 32.2. The number of methoxy groups -OCH3 is 2. The van der Waals surface area contributed by atoms with E-state index < -0.39 is 10.0 Å². The normalized spacial score (nSPS) is 11.0. The Bertz CT molecular complexity index is 865. The largest absolute Gasteiger partial charge is 0.493 e. The number of nitrogens with one attached hydrogen (secondary N) is 2. The van der Waals surface area contributed by atoms with Crippen molar-refractivity contribution in [3.8, 4) is 11.5 Å². The van der Waals surface area contributed by atoms with Crippen LogP contribution in [0.1, 0.15) is 15.9 Å². The van der Waals surface area contributed by atoms with Gasteiger partial charge in [0.1, 0.15) is 0 Å². The lowest BCUT2D eigenvalue weighted by atomic mass is 10.1. The summed E-state index contributed by atoms with van der Waals surface area (Å²) in [7, 11) is 0.803. The smallest absolute Gasteiger partial charge is 0.251 e. The number of sulfonamides is 1. The molecule has 0 saturated heterocycles. The highest BCUT2D eigenvalue weighted by Gasteiger charge is 2.14. The highest BCUT2D eigenvalue weighted by molar-refractivity contribution is 7.89. The van der Waals surface area contributed by atoms with Crippen molar-refractivity contribution in [1.29, 1.82) is 0 Å². The predicted octanol–water partition coefficient (Wildman–Crippen LogP) is 1.54. The average molecular weight is 364 g/mol. The number of carbonyl (C=O) groups excluding carboxylic acids is 1. The summed E-state index contributed by atoms with van der Waals surface area (Å²) in [4.78, 5) is 12.3. The number of hydrogen-bond acceptors (Lipinski definition) is 5. The zero-order chi connectivity index (χ0) is 18.4. The van der Waals surface area contributed by atoms with E-state index in [9.17, 15) is 13.2 Å². The maximum Gasteiger partial charge on any atom is 0.251 e. The second-order valence-corrected chi connectivity index (χ2v) is 6.99. The first-order valence-corrected chi connectivity index (χ1v) is 8.92. The summed E-state index contributed by atoms with van der Waals surface area (Å²) in [5, 5.41) is 2.75. The molecule has 0 radical (unpaired) electrons. The van der Waals surface area contributed by atoms with Crippen LogP contribution in [0.15, 0.2) is 47.4 Å². The van der Waals surface area contributed by atoms with Crippen molar-refractivity contribution < 1.29 is 22.7 Å². The standard InChI is InChI=1S/C17H20N2O5S/c1-18-25(21,22)14-6-4-5-13(10-14)17(20)19-11-12-7-8-15(23-2)16(9-12)24-3/h4-10,18H,11H2,1-3H3,(H,19,20). The molecule has 0 aliphatic heterocycles. The number of benzene rings is 2. The van der Waals surface area contributed by atoms with Gasteiger partial charge in [-0.2, -0.15) is 0 Å². The van der Waals surface area contributed by atoms with Crippen LogP contribution in [-0.4, -0.2) is 35.6 Å². The van der Waals surface area contributed by atoms with Crippen molar-refractivity contribution in [3.05, 3.63) is 53.6 Å². The Kier molecular flexibility index (Phi) is 6.00. The molecule has 8 heteroatoms. The molecule has 0 spiro atoms. The Morgan fingerprint density at radius 3 is 2.40 bits per heavy atom. The van der Waals surface area contributed by atoms with Crippen molar-refractivity contribution >= 4 is 15.9 Å². The van der Waals surface area contributed by atoms with Crippen LogP contribution in [0, 0.1) is 0 Å². The zero-order valence-electron chi connectivity index (χ0n) is 14.2. The van der Waals surface area contributed by atoms with E-state index in [0.29, 0.717) is 11.5 Å². The van der Waals surface area contributed by atoms with E-state index >= 15 is 0 Å². The molecule has 0 unspecified atom stereocenters. The number of ether oxygens (including phenoxy) is 2. The number of hydrogen-bond donors (Lipinski definition) is 2. The molecule has 7 nitrogen and oxygen atoms in total. The van der Waals surface area contributed by atoms with Crippen LogP contribution in [0.2, 0.25) is 0 Å². The fourth-order valence-corrected chi connectivity index (χ4v) is 2.97. The van der Waals surface area contributed by atoms with Gasteiger partial charge in [0, 0.05) is 12.1 Å². The molecule has 2 aromatic carbocycles. The molecule has 2 rings (SSSR count). The average Bonchev–Trinajstić information content (AvgIpc) is 2.65. The van der Waals surface area contributed by atoms with Gasteiger partial charge >= 0.3 is 0 Å². The summed E-state index contributed by atoms with van der Waals surface area (Å²) in [6, 6.07) is 11.2. The van der Waals surface area contributed by atoms with Crippen LogP contribution in [0.5, 0.6) is 11.5 Å². The summed E-state index contributed by atoms with van der Waals surface area (Å²) < 4.78 is 36.2. The summed E-state index contributed by atoms with van der Waals surface area (Å²) in [5.41, 5.74) is 1.09. The van der Waals surface area contributed by atoms with Crippen LogP contribution in [0.4, 0.5) is 0 Å². The molecule has 25 heavy (non-hydrogen) atoms. The zero-order valence-corrected chi connectivity index (χ0v) is 15.0. The molecule has 0 aliphatic rings. The van der Waals surface area contributed by atoms with Crippen molar-refractivity contribution in [1.82, 2.24) is 10.0 Å². The molecule has 0 heterocycles. The third kappa shape index (κ3) is 4.49. The predicted molar refractivity (Wildman–Crippen MR) is 93.4 cm³/mol. The van der Waals surface area contributed by atoms with Gasteiger partial charge in [-0.15, -0.1) is 0 Å². The molecule has 0 bridgehead atoms. The first kappa shape index (κ1) is 18.8. The Labute approximate surface area is 147 Å². The molecular formula is C17H20N2O5S. The first-order valence-electron chi connectivity index (χ1n) is 7.44. The second kappa shape index (κ2) is 8.00. The van der Waals surface area contributed by atoms with Gasteiger partial charge in [-0.05, 0) is 42.9 Å². The Morgan fingerprint density at radius 2 is 1.76 bits per heavy atom. The Morgan fingerprint density at radius 1 is 1.04 bits per heavy atom. The summed E-state index contributed by atoms with van der Waals surface area (Å²) in [6.45, 7) is 0.266. The fourth-order valence-electron chi connectivity index (χ4n) is 2.20. The van der Waals surface area contributed by atoms with E-state index in [1.807, 2.05) is 6.07 Å². The Balaban J connectivity index is 2.12. The van der Waals surface area contributed by atoms with Crippen LogP contribution in [0.25, 0.3) is 0 Å². The van der Waals surface area contributed by atoms with Gasteiger partial charge in [0.25, 0.3) is 5.91 Å². The first-order chi connectivity index (χ1) is 11.9. The molecule has 0 fully saturated rings. The molecule has 0 aliphatic carbocycles. The topological polar surface area (TPSA) is 93.7 Å². The minimum Gasteiger partial charge on any atom is -0.493 e. The maximum atomic E-state index is 12.3. The van der Waals surface area contributed by atoms with E-state index in [1.54, 1.807) is 25.3 Å². The van der Waals surface area contributed by atoms with Gasteiger partial charge in [-0.1, -0.05) is 12.1 Å². The monoisotopic (exact) mass is 364 g/mol. The van der Waals surface area contributed by atoms with E-state index in [0.717, 1.165) is 5.56 Å². The fraction of sp³-hybridized carbons (Fsp3) is 0.235. The summed E-state index contributed by atoms with van der Waals surface area (Å²) >= 11 is 0. The van der Waals surface area contributed by atoms with Gasteiger partial charge in [-0.3, -0.25) is 4.79 Å². The molecular weight excluding hydrogens is 344 g/mol. The van der Waals surface area contributed by atoms with Crippen molar-refractivity contribution in [2.45, 2.75) is 11.4 Å². The van der Waals surface area contributed by atoms with Crippen LogP contribution >= 0.6 is 0 Å². The molecule has 2 N–H and O–H groups in total. The second-order valence-electron chi connectivity index (χ2n) is 5.11. The molecule has 0 aromatic heterocycles. The lowest BCUT2D eigenvalue weighted by molar-refractivity contribution is 0.0950. The molecule has 0 atom stereocenters. The van der Waals surface area contributed by atoms with Crippen molar-refractivity contribution in [2.24, 2.45) is 0 Å². The van der Waals surface area contributed by atoms with Gasteiger partial charge in [-0.25, -0.2) is 13.1 Å². The van der Waals surface area contributed by atoms with Gasteiger partial charge in [0.15, 0.2) is 11.5 Å². The van der Waals surface area contributed by atoms with Crippen LogP contribution < -0.4 is 19.5 Å². The van der Waals surface area contributed by atoms with E-state index in [-0.39, 0.29) is 22.9 Å². The molecule has 134 valence electrons. The van der Waals surface area contributed by atoms with E-state index in [1.165, 1.54) is 32.4 Å². The third-order valence-electron chi connectivity index (χ3n) is 3.58. The van der Waals surface area contributed by atoms with Gasteiger partial charge < -0.3 is 14.8 Å². The summed E-state index contributed by atoms with van der Waals surface area (Å²) in [5.74, 6) is 0.793. The third-order valence-corrected chi connectivity index (χ3v) is 4.99. The SMILES string of the molecule is CNS(=O)(=O)c1cccc(C(=O)NCc2ccc(OC)c(OC)c2)c1. The van der Waals surface area contributed by atoms with E-state index in [4.69, 9.17) is 9.47 Å².